The minimum atomic E-state index is -2.12. The first-order valence-corrected chi connectivity index (χ1v) is 17.5. The Morgan fingerprint density at radius 3 is 2.19 bits per heavy atom. The van der Waals surface area contributed by atoms with Crippen LogP contribution in [0.3, 0.4) is 0 Å². The van der Waals surface area contributed by atoms with Gasteiger partial charge in [0, 0.05) is 13.0 Å². The van der Waals surface area contributed by atoms with Crippen LogP contribution < -0.4 is 4.74 Å². The molecule has 9 heteroatoms. The summed E-state index contributed by atoms with van der Waals surface area (Å²) in [5.74, 6) is 0.437. The fraction of sp³-hybridized carbons (Fsp3) is 0.697. The highest BCUT2D eigenvalue weighted by molar-refractivity contribution is 6.77. The van der Waals surface area contributed by atoms with Gasteiger partial charge in [-0.05, 0) is 53.6 Å². The average molecular weight is 606 g/mol. The Kier molecular flexibility index (Phi) is 13.7. The lowest BCUT2D eigenvalue weighted by molar-refractivity contribution is -0.164. The lowest BCUT2D eigenvalue weighted by Gasteiger charge is -2.44. The molecule has 1 aliphatic rings. The second-order valence-corrected chi connectivity index (χ2v) is 18.3. The van der Waals surface area contributed by atoms with Gasteiger partial charge in [-0.1, -0.05) is 73.6 Å². The molecule has 3 atom stereocenters. The largest absolute Gasteiger partial charge is 0.497 e. The quantitative estimate of drug-likeness (QED) is 0.126. The van der Waals surface area contributed by atoms with Gasteiger partial charge in [0.2, 0.25) is 0 Å². The topological polar surface area (TPSA) is 83.5 Å². The Morgan fingerprint density at radius 2 is 1.69 bits per heavy atom. The summed E-state index contributed by atoms with van der Waals surface area (Å²) in [4.78, 5) is 27.0. The maximum Gasteiger partial charge on any atom is 0.417 e. The number of carbonyl (C=O) groups excluding carboxylic acids is 2. The molecule has 238 valence electrons. The zero-order chi connectivity index (χ0) is 31.7. The molecule has 8 nitrogen and oxygen atoms in total. The van der Waals surface area contributed by atoms with Gasteiger partial charge in [-0.3, -0.25) is 4.79 Å². The summed E-state index contributed by atoms with van der Waals surface area (Å²) in [6, 6.07) is 7.42. The van der Waals surface area contributed by atoms with E-state index in [1.54, 1.807) is 7.11 Å². The predicted molar refractivity (Wildman–Crippen MR) is 169 cm³/mol. The van der Waals surface area contributed by atoms with Crippen LogP contribution in [0, 0.1) is 5.92 Å². The van der Waals surface area contributed by atoms with Gasteiger partial charge in [-0.25, -0.2) is 9.69 Å². The van der Waals surface area contributed by atoms with E-state index in [0.717, 1.165) is 11.3 Å². The van der Waals surface area contributed by atoms with Crippen molar-refractivity contribution in [3.05, 3.63) is 42.5 Å². The number of methoxy groups -OCH3 is 1. The first-order chi connectivity index (χ1) is 19.7. The van der Waals surface area contributed by atoms with Gasteiger partial charge in [-0.15, -0.1) is 6.58 Å². The van der Waals surface area contributed by atoms with Crippen LogP contribution >= 0.6 is 0 Å². The van der Waals surface area contributed by atoms with Crippen LogP contribution in [0.25, 0.3) is 0 Å². The summed E-state index contributed by atoms with van der Waals surface area (Å²) in [5, 5.41) is 0. The molecule has 0 bridgehead atoms. The molecule has 1 heterocycles. The molecule has 1 saturated heterocycles. The number of cyclic esters (lactones) is 1. The fourth-order valence-electron chi connectivity index (χ4n) is 6.33. The third-order valence-electron chi connectivity index (χ3n) is 8.80. The van der Waals surface area contributed by atoms with Crippen molar-refractivity contribution >= 4 is 20.3 Å². The number of imide groups is 1. The van der Waals surface area contributed by atoms with Gasteiger partial charge in [0.15, 0.2) is 8.32 Å². The van der Waals surface area contributed by atoms with Crippen molar-refractivity contribution < 1.29 is 33.0 Å². The van der Waals surface area contributed by atoms with Crippen molar-refractivity contribution in [3.8, 4) is 5.75 Å². The summed E-state index contributed by atoms with van der Waals surface area (Å²) in [5.41, 5.74) is 1.42. The van der Waals surface area contributed by atoms with Crippen molar-refractivity contribution in [2.75, 3.05) is 26.9 Å². The van der Waals surface area contributed by atoms with Gasteiger partial charge in [-0.2, -0.15) is 0 Å². The molecule has 0 aliphatic carbocycles. The first kappa shape index (κ1) is 36.0. The van der Waals surface area contributed by atoms with E-state index in [9.17, 15) is 9.59 Å². The van der Waals surface area contributed by atoms with Crippen LogP contribution in [-0.2, 0) is 30.0 Å². The molecule has 1 aliphatic heterocycles. The van der Waals surface area contributed by atoms with Crippen molar-refractivity contribution in [1.82, 2.24) is 4.90 Å². The van der Waals surface area contributed by atoms with Crippen molar-refractivity contribution in [2.45, 2.75) is 116 Å². The van der Waals surface area contributed by atoms with Crippen LogP contribution in [0.2, 0.25) is 16.6 Å². The van der Waals surface area contributed by atoms with Crippen molar-refractivity contribution in [2.24, 2.45) is 5.92 Å². The van der Waals surface area contributed by atoms with Gasteiger partial charge >= 0.3 is 6.09 Å². The number of benzene rings is 1. The van der Waals surface area contributed by atoms with E-state index in [1.807, 2.05) is 51.1 Å². The van der Waals surface area contributed by atoms with E-state index < -0.39 is 32.0 Å². The Balaban J connectivity index is 2.31. The zero-order valence-electron chi connectivity index (χ0n) is 27.6. The molecule has 42 heavy (non-hydrogen) atoms. The van der Waals surface area contributed by atoms with Crippen LogP contribution in [0.4, 0.5) is 4.79 Å². The average Bonchev–Trinajstić information content (AvgIpc) is 3.33. The number of ether oxygens (including phenoxy) is 4. The molecule has 0 spiro atoms. The maximum absolute atomic E-state index is 13.3. The third-order valence-corrected chi connectivity index (χ3v) is 14.9. The SMILES string of the molecule is C=CC[C@@H](OCc1ccc(OC)cc1)[C@](C)(CCO[Si](C(C)C)(C(C)C)C(C)C)OCC(=O)N1C(=O)OC[C@@H]1C(C)C. The molecule has 2 amide bonds. The number of nitrogens with zero attached hydrogens (tertiary/aromatic N) is 1. The number of rotatable bonds is 18. The summed E-state index contributed by atoms with van der Waals surface area (Å²) in [6.45, 7) is 24.2. The van der Waals surface area contributed by atoms with Gasteiger partial charge in [0.25, 0.3) is 5.91 Å². The second-order valence-electron chi connectivity index (χ2n) is 12.8. The zero-order valence-corrected chi connectivity index (χ0v) is 28.6. The molecule has 0 unspecified atom stereocenters. The van der Waals surface area contributed by atoms with E-state index in [4.69, 9.17) is 23.4 Å². The Labute approximate surface area is 255 Å². The second kappa shape index (κ2) is 16.0. The fourth-order valence-corrected chi connectivity index (χ4v) is 11.8. The van der Waals surface area contributed by atoms with Crippen LogP contribution in [0.5, 0.6) is 5.75 Å². The maximum atomic E-state index is 13.3. The Morgan fingerprint density at radius 1 is 1.10 bits per heavy atom. The van der Waals surface area contributed by atoms with Gasteiger partial charge < -0.3 is 23.4 Å². The monoisotopic (exact) mass is 605 g/mol. The summed E-state index contributed by atoms with van der Waals surface area (Å²) >= 11 is 0. The molecular weight excluding hydrogens is 550 g/mol. The summed E-state index contributed by atoms with van der Waals surface area (Å²) in [6.07, 6.45) is 1.81. The predicted octanol–water partition coefficient (Wildman–Crippen LogP) is 7.52. The standard InChI is InChI=1S/C33H55NO7Si/c1-12-13-30(38-20-27-14-16-28(37-11)17-15-27)33(10,18-19-41-42(24(4)5,25(6)7)26(8)9)40-22-31(35)34-29(23(2)3)21-39-32(34)36/h12,14-17,23-26,29-30H,1,13,18-22H2,2-11H3/t29-,30-,33+/m1/s1. The lowest BCUT2D eigenvalue weighted by Crippen LogP contribution is -2.51. The van der Waals surface area contributed by atoms with Crippen LogP contribution in [0.1, 0.15) is 80.7 Å². The number of carbonyl (C=O) groups is 2. The third kappa shape index (κ3) is 8.68. The molecule has 1 aromatic carbocycles. The number of hydrogen-bond donors (Lipinski definition) is 0. The molecule has 1 aromatic rings. The molecule has 0 saturated carbocycles. The molecule has 0 radical (unpaired) electrons. The Bertz CT molecular complexity index is 988. The minimum absolute atomic E-state index is 0.0720. The summed E-state index contributed by atoms with van der Waals surface area (Å²) < 4.78 is 30.3. The van der Waals surface area contributed by atoms with E-state index >= 15 is 0 Å². The van der Waals surface area contributed by atoms with Gasteiger partial charge in [0.05, 0.1) is 31.5 Å². The summed E-state index contributed by atoms with van der Waals surface area (Å²) in [7, 11) is -0.485. The molecular formula is C33H55NO7Si. The Hall–Kier alpha value is -2.20. The van der Waals surface area contributed by atoms with E-state index in [-0.39, 0.29) is 25.2 Å². The number of amides is 2. The molecule has 0 aromatic heterocycles. The molecule has 1 fully saturated rings. The van der Waals surface area contributed by atoms with Crippen molar-refractivity contribution in [3.63, 3.8) is 0 Å². The van der Waals surface area contributed by atoms with E-state index in [0.29, 0.717) is 42.7 Å². The normalized spacial score (nSPS) is 18.1. The van der Waals surface area contributed by atoms with Crippen LogP contribution in [0.15, 0.2) is 36.9 Å². The highest BCUT2D eigenvalue weighted by Gasteiger charge is 2.46. The number of hydrogen-bond acceptors (Lipinski definition) is 7. The van der Waals surface area contributed by atoms with Crippen molar-refractivity contribution in [1.29, 1.82) is 0 Å². The first-order valence-electron chi connectivity index (χ1n) is 15.4. The van der Waals surface area contributed by atoms with E-state index in [2.05, 4.69) is 48.1 Å². The smallest absolute Gasteiger partial charge is 0.417 e. The lowest BCUT2D eigenvalue weighted by atomic mass is 9.92. The van der Waals surface area contributed by atoms with E-state index in [1.165, 1.54) is 4.90 Å². The highest BCUT2D eigenvalue weighted by Crippen LogP contribution is 2.43. The molecule has 2 rings (SSSR count). The van der Waals surface area contributed by atoms with Crippen LogP contribution in [-0.4, -0.2) is 69.9 Å². The minimum Gasteiger partial charge on any atom is -0.497 e. The molecule has 0 N–H and O–H groups in total. The van der Waals surface area contributed by atoms with Gasteiger partial charge in [0.1, 0.15) is 19.0 Å². The highest BCUT2D eigenvalue weighted by atomic mass is 28.4.